The van der Waals surface area contributed by atoms with E-state index in [0.29, 0.717) is 34.9 Å². The normalized spacial score (nSPS) is 10.4. The zero-order valence-electron chi connectivity index (χ0n) is 10.5. The second-order valence-corrected chi connectivity index (χ2v) is 3.68. The first-order valence-electron chi connectivity index (χ1n) is 5.60. The number of aromatic amines is 1. The molecule has 18 heavy (non-hydrogen) atoms. The van der Waals surface area contributed by atoms with Gasteiger partial charge < -0.3 is 14.5 Å². The standard InChI is InChI=1S/C12H15N3O3/c1-4-9(16)13-12-14-10-7(17-2)5-6-8(18-3)11(10)15-12/h5-6H,4H2,1-3H3,(H2,13,14,15,16). The first-order valence-corrected chi connectivity index (χ1v) is 5.60. The number of nitrogens with one attached hydrogen (secondary N) is 2. The summed E-state index contributed by atoms with van der Waals surface area (Å²) in [7, 11) is 3.15. The van der Waals surface area contributed by atoms with E-state index in [1.807, 2.05) is 0 Å². The van der Waals surface area contributed by atoms with Gasteiger partial charge in [0.05, 0.1) is 14.2 Å². The molecule has 0 spiro atoms. The average Bonchev–Trinajstić information content (AvgIpc) is 2.80. The van der Waals surface area contributed by atoms with Crippen molar-refractivity contribution in [1.29, 1.82) is 0 Å². The number of imidazole rings is 1. The molecule has 1 aromatic carbocycles. The lowest BCUT2D eigenvalue weighted by atomic mass is 10.2. The van der Waals surface area contributed by atoms with E-state index in [-0.39, 0.29) is 5.91 Å². The van der Waals surface area contributed by atoms with Crippen LogP contribution in [0.4, 0.5) is 5.95 Å². The zero-order chi connectivity index (χ0) is 13.1. The molecule has 1 amide bonds. The van der Waals surface area contributed by atoms with E-state index in [1.165, 1.54) is 0 Å². The number of hydrogen-bond acceptors (Lipinski definition) is 4. The van der Waals surface area contributed by atoms with Crippen LogP contribution in [-0.2, 0) is 4.79 Å². The molecule has 0 aliphatic rings. The van der Waals surface area contributed by atoms with Crippen molar-refractivity contribution in [1.82, 2.24) is 9.97 Å². The van der Waals surface area contributed by atoms with Crippen LogP contribution in [0.25, 0.3) is 11.0 Å². The van der Waals surface area contributed by atoms with Crippen LogP contribution in [0.2, 0.25) is 0 Å². The Bertz CT molecular complexity index is 536. The molecular formula is C12H15N3O3. The van der Waals surface area contributed by atoms with Gasteiger partial charge in [-0.1, -0.05) is 6.92 Å². The molecule has 2 N–H and O–H groups in total. The number of rotatable bonds is 4. The van der Waals surface area contributed by atoms with Crippen molar-refractivity contribution in [3.63, 3.8) is 0 Å². The predicted octanol–water partition coefficient (Wildman–Crippen LogP) is 1.93. The Balaban J connectivity index is 2.50. The quantitative estimate of drug-likeness (QED) is 0.868. The third kappa shape index (κ3) is 2.09. The third-order valence-corrected chi connectivity index (χ3v) is 2.59. The summed E-state index contributed by atoms with van der Waals surface area (Å²) in [5, 5.41) is 2.67. The number of anilines is 1. The molecule has 0 saturated heterocycles. The fourth-order valence-corrected chi connectivity index (χ4v) is 1.66. The summed E-state index contributed by atoms with van der Waals surface area (Å²) in [6.07, 6.45) is 0.394. The Morgan fingerprint density at radius 1 is 1.33 bits per heavy atom. The van der Waals surface area contributed by atoms with Crippen LogP contribution in [0.15, 0.2) is 12.1 Å². The van der Waals surface area contributed by atoms with Crippen molar-refractivity contribution < 1.29 is 14.3 Å². The van der Waals surface area contributed by atoms with Gasteiger partial charge in [-0.2, -0.15) is 0 Å². The second kappa shape index (κ2) is 4.95. The minimum atomic E-state index is -0.105. The van der Waals surface area contributed by atoms with Gasteiger partial charge in [0.15, 0.2) is 0 Å². The summed E-state index contributed by atoms with van der Waals surface area (Å²) in [5.41, 5.74) is 1.33. The van der Waals surface area contributed by atoms with Crippen molar-refractivity contribution in [3.05, 3.63) is 12.1 Å². The third-order valence-electron chi connectivity index (χ3n) is 2.59. The molecule has 0 atom stereocenters. The van der Waals surface area contributed by atoms with Gasteiger partial charge in [0.1, 0.15) is 22.5 Å². The molecule has 0 bridgehead atoms. The van der Waals surface area contributed by atoms with E-state index in [9.17, 15) is 4.79 Å². The molecule has 6 heteroatoms. The monoisotopic (exact) mass is 249 g/mol. The first kappa shape index (κ1) is 12.2. The number of carbonyl (C=O) groups excluding carboxylic acids is 1. The van der Waals surface area contributed by atoms with Crippen molar-refractivity contribution >= 4 is 22.9 Å². The maximum Gasteiger partial charge on any atom is 0.226 e. The largest absolute Gasteiger partial charge is 0.494 e. The molecule has 0 aliphatic heterocycles. The van der Waals surface area contributed by atoms with Crippen LogP contribution in [0, 0.1) is 0 Å². The van der Waals surface area contributed by atoms with Gasteiger partial charge in [0, 0.05) is 6.42 Å². The Labute approximate surface area is 104 Å². The van der Waals surface area contributed by atoms with Gasteiger partial charge in [-0.3, -0.25) is 10.1 Å². The lowest BCUT2D eigenvalue weighted by Crippen LogP contribution is -2.10. The highest BCUT2D eigenvalue weighted by atomic mass is 16.5. The van der Waals surface area contributed by atoms with E-state index < -0.39 is 0 Å². The molecule has 0 saturated carbocycles. The van der Waals surface area contributed by atoms with E-state index in [1.54, 1.807) is 33.3 Å². The topological polar surface area (TPSA) is 76.2 Å². The highest BCUT2D eigenvalue weighted by Crippen LogP contribution is 2.32. The van der Waals surface area contributed by atoms with Gasteiger partial charge in [-0.15, -0.1) is 0 Å². The van der Waals surface area contributed by atoms with Gasteiger partial charge >= 0.3 is 0 Å². The molecule has 1 aromatic heterocycles. The molecular weight excluding hydrogens is 234 g/mol. The van der Waals surface area contributed by atoms with E-state index in [0.717, 1.165) is 0 Å². The lowest BCUT2D eigenvalue weighted by Gasteiger charge is -2.03. The van der Waals surface area contributed by atoms with Crippen LogP contribution in [0.1, 0.15) is 13.3 Å². The molecule has 2 aromatic rings. The van der Waals surface area contributed by atoms with E-state index >= 15 is 0 Å². The number of aromatic nitrogens is 2. The maximum absolute atomic E-state index is 11.3. The highest BCUT2D eigenvalue weighted by Gasteiger charge is 2.13. The Morgan fingerprint density at radius 2 is 2.00 bits per heavy atom. The Morgan fingerprint density at radius 3 is 2.61 bits per heavy atom. The summed E-state index contributed by atoms with van der Waals surface area (Å²) >= 11 is 0. The number of ether oxygens (including phenoxy) is 2. The summed E-state index contributed by atoms with van der Waals surface area (Å²) in [5.74, 6) is 1.56. The number of amides is 1. The van der Waals surface area contributed by atoms with Gasteiger partial charge in [-0.05, 0) is 12.1 Å². The molecule has 0 radical (unpaired) electrons. The SMILES string of the molecule is CCC(=O)Nc1nc2c(OC)ccc(OC)c2[nH]1. The Kier molecular flexibility index (Phi) is 3.36. The number of hydrogen-bond donors (Lipinski definition) is 2. The number of fused-ring (bicyclic) bond motifs is 1. The van der Waals surface area contributed by atoms with Crippen LogP contribution in [-0.4, -0.2) is 30.1 Å². The molecule has 0 fully saturated rings. The summed E-state index contributed by atoms with van der Waals surface area (Å²) < 4.78 is 10.5. The van der Waals surface area contributed by atoms with Crippen molar-refractivity contribution in [2.75, 3.05) is 19.5 Å². The van der Waals surface area contributed by atoms with Gasteiger partial charge in [0.2, 0.25) is 11.9 Å². The van der Waals surface area contributed by atoms with Crippen LogP contribution >= 0.6 is 0 Å². The average molecular weight is 249 g/mol. The number of nitrogens with zero attached hydrogens (tertiary/aromatic N) is 1. The number of H-pyrrole nitrogens is 1. The van der Waals surface area contributed by atoms with Crippen molar-refractivity contribution in [3.8, 4) is 11.5 Å². The van der Waals surface area contributed by atoms with E-state index in [4.69, 9.17) is 9.47 Å². The molecule has 1 heterocycles. The molecule has 2 rings (SSSR count). The minimum absolute atomic E-state index is 0.105. The van der Waals surface area contributed by atoms with Crippen LogP contribution < -0.4 is 14.8 Å². The predicted molar refractivity (Wildman–Crippen MR) is 68.1 cm³/mol. The lowest BCUT2D eigenvalue weighted by molar-refractivity contribution is -0.115. The molecule has 96 valence electrons. The smallest absolute Gasteiger partial charge is 0.226 e. The Hall–Kier alpha value is -2.24. The number of benzene rings is 1. The van der Waals surface area contributed by atoms with Crippen molar-refractivity contribution in [2.45, 2.75) is 13.3 Å². The van der Waals surface area contributed by atoms with Crippen LogP contribution in [0.3, 0.4) is 0 Å². The van der Waals surface area contributed by atoms with Gasteiger partial charge in [-0.25, -0.2) is 4.98 Å². The zero-order valence-corrected chi connectivity index (χ0v) is 10.5. The number of carbonyl (C=O) groups is 1. The minimum Gasteiger partial charge on any atom is -0.494 e. The van der Waals surface area contributed by atoms with Crippen LogP contribution in [0.5, 0.6) is 11.5 Å². The second-order valence-electron chi connectivity index (χ2n) is 3.68. The first-order chi connectivity index (χ1) is 8.69. The molecule has 0 unspecified atom stereocenters. The molecule has 0 aliphatic carbocycles. The summed E-state index contributed by atoms with van der Waals surface area (Å²) in [6.45, 7) is 1.78. The van der Waals surface area contributed by atoms with Gasteiger partial charge in [0.25, 0.3) is 0 Å². The van der Waals surface area contributed by atoms with E-state index in [2.05, 4.69) is 15.3 Å². The summed E-state index contributed by atoms with van der Waals surface area (Å²) in [6, 6.07) is 3.55. The molecule has 6 nitrogen and oxygen atoms in total. The highest BCUT2D eigenvalue weighted by molar-refractivity contribution is 5.93. The fraction of sp³-hybridized carbons (Fsp3) is 0.333. The maximum atomic E-state index is 11.3. The fourth-order valence-electron chi connectivity index (χ4n) is 1.66. The number of methoxy groups -OCH3 is 2. The van der Waals surface area contributed by atoms with Crippen molar-refractivity contribution in [2.24, 2.45) is 0 Å². The summed E-state index contributed by atoms with van der Waals surface area (Å²) in [4.78, 5) is 18.6.